The second-order valence-corrected chi connectivity index (χ2v) is 10.9. The van der Waals surface area contributed by atoms with Crippen LogP contribution in [-0.4, -0.2) is 79.6 Å². The van der Waals surface area contributed by atoms with Crippen LogP contribution in [0.25, 0.3) is 11.2 Å². The number of anilines is 1. The number of aromatic amines is 1. The number of nitrogens with two attached hydrogens (primary N) is 1. The molecule has 1 unspecified atom stereocenters. The number of rotatable bonds is 13. The minimum Gasteiger partial charge on any atom is -0.481 e. The number of aliphatic carboxylic acids is 1. The van der Waals surface area contributed by atoms with Gasteiger partial charge < -0.3 is 30.4 Å². The summed E-state index contributed by atoms with van der Waals surface area (Å²) in [7, 11) is 2.06. The van der Waals surface area contributed by atoms with Crippen LogP contribution in [0.4, 0.5) is 5.82 Å². The Morgan fingerprint density at radius 3 is 2.71 bits per heavy atom. The fourth-order valence-corrected chi connectivity index (χ4v) is 5.13. The number of hydrogen-bond acceptors (Lipinski definition) is 8. The molecule has 0 radical (unpaired) electrons. The number of carboxylic acid groups (broad SMARTS) is 1. The highest BCUT2D eigenvalue weighted by atomic mass is 16.5. The molecule has 0 spiro atoms. The first-order valence-corrected chi connectivity index (χ1v) is 14.4. The molecule has 0 bridgehead atoms. The van der Waals surface area contributed by atoms with E-state index >= 15 is 0 Å². The first-order valence-electron chi connectivity index (χ1n) is 14.4. The maximum Gasteiger partial charge on any atom is 0.327 e. The number of imidazole rings is 1. The third kappa shape index (κ3) is 7.43. The third-order valence-electron chi connectivity index (χ3n) is 7.74. The van der Waals surface area contributed by atoms with Crippen LogP contribution >= 0.6 is 0 Å². The van der Waals surface area contributed by atoms with Crippen molar-refractivity contribution in [2.75, 3.05) is 39.0 Å². The lowest BCUT2D eigenvalue weighted by atomic mass is 9.95. The summed E-state index contributed by atoms with van der Waals surface area (Å²) in [5.74, 6) is -1.38. The molecule has 41 heavy (non-hydrogen) atoms. The molecule has 4 N–H and O–H groups in total. The van der Waals surface area contributed by atoms with E-state index in [1.165, 1.54) is 4.57 Å². The van der Waals surface area contributed by atoms with Gasteiger partial charge in [0, 0.05) is 25.6 Å². The van der Waals surface area contributed by atoms with E-state index in [9.17, 15) is 19.5 Å². The lowest BCUT2D eigenvalue weighted by Gasteiger charge is -2.33. The average Bonchev–Trinajstić information content (AvgIpc) is 3.27. The van der Waals surface area contributed by atoms with Crippen molar-refractivity contribution in [2.24, 2.45) is 5.92 Å². The summed E-state index contributed by atoms with van der Waals surface area (Å²) < 4.78 is 7.14. The molecule has 222 valence electrons. The van der Waals surface area contributed by atoms with Crippen LogP contribution in [-0.2, 0) is 22.7 Å². The first-order chi connectivity index (χ1) is 19.7. The van der Waals surface area contributed by atoms with E-state index in [0.717, 1.165) is 44.3 Å². The van der Waals surface area contributed by atoms with E-state index in [2.05, 4.69) is 33.8 Å². The monoisotopic (exact) mass is 567 g/mol. The van der Waals surface area contributed by atoms with Gasteiger partial charge in [-0.15, -0.1) is 0 Å². The van der Waals surface area contributed by atoms with Gasteiger partial charge in [0.2, 0.25) is 5.91 Å². The minimum absolute atomic E-state index is 0.0708. The molecule has 1 aliphatic heterocycles. The minimum atomic E-state index is -0.894. The lowest BCUT2D eigenvalue weighted by molar-refractivity contribution is -0.139. The van der Waals surface area contributed by atoms with Crippen molar-refractivity contribution in [1.82, 2.24) is 29.3 Å². The first kappa shape index (κ1) is 30.0. The highest BCUT2D eigenvalue weighted by Gasteiger charge is 2.28. The van der Waals surface area contributed by atoms with Gasteiger partial charge in [0.1, 0.15) is 5.52 Å². The number of likely N-dealkylation sites (tertiary alicyclic amines) is 1. The molecule has 1 atom stereocenters. The number of amides is 1. The quantitative estimate of drug-likeness (QED) is 0.264. The van der Waals surface area contributed by atoms with Gasteiger partial charge in [0.25, 0.3) is 0 Å². The Hall–Kier alpha value is -3.93. The Morgan fingerprint density at radius 1 is 1.24 bits per heavy atom. The Labute approximate surface area is 239 Å². The number of nitrogens with zero attached hydrogens (tertiary/aromatic N) is 5. The van der Waals surface area contributed by atoms with E-state index in [4.69, 9.17) is 10.5 Å². The molecule has 1 amide bonds. The van der Waals surface area contributed by atoms with Gasteiger partial charge in [-0.05, 0) is 63.9 Å². The molecule has 12 heteroatoms. The van der Waals surface area contributed by atoms with Crippen molar-refractivity contribution < 1.29 is 19.4 Å². The Bertz CT molecular complexity index is 1410. The largest absolute Gasteiger partial charge is 0.481 e. The van der Waals surface area contributed by atoms with E-state index in [1.54, 1.807) is 13.0 Å². The number of aryl methyl sites for hydroxylation is 1. The van der Waals surface area contributed by atoms with Crippen LogP contribution in [0.3, 0.4) is 0 Å². The normalized spacial score (nSPS) is 15.2. The van der Waals surface area contributed by atoms with Crippen molar-refractivity contribution in [3.05, 3.63) is 45.9 Å². The zero-order valence-corrected chi connectivity index (χ0v) is 24.1. The van der Waals surface area contributed by atoms with Gasteiger partial charge in [0.15, 0.2) is 11.5 Å². The number of H-pyrrole nitrogens is 1. The summed E-state index contributed by atoms with van der Waals surface area (Å²) in [6.45, 7) is 6.99. The molecule has 3 heterocycles. The Morgan fingerprint density at radius 2 is 2.00 bits per heavy atom. The van der Waals surface area contributed by atoms with Gasteiger partial charge in [0.05, 0.1) is 12.5 Å². The standard InChI is InChI=1S/C29H41N7O5/c1-4-5-16-41-28-32-24(30)23-25(33-28)36(29(40)31-23)13-7-12-35(26(37)21-10-14-34(3)15-11-21)18-20-8-6-9-22(17-20)19(2)27(38)39/h6,8-9,17,19,21H,4-5,7,10-16,18H2,1-3H3,(H,31,40)(H,38,39)(H2,30,32,33). The molecule has 1 saturated heterocycles. The highest BCUT2D eigenvalue weighted by molar-refractivity contribution is 5.82. The number of carbonyl (C=O) groups excluding carboxylic acids is 1. The summed E-state index contributed by atoms with van der Waals surface area (Å²) in [5, 5.41) is 9.46. The zero-order valence-electron chi connectivity index (χ0n) is 24.1. The SMILES string of the molecule is CCCCOc1nc(N)c2[nH]c(=O)n(CCCN(Cc3cccc(C(C)C(=O)O)c3)C(=O)C3CCN(C)CC3)c2n1. The number of aromatic nitrogens is 4. The number of carbonyl (C=O) groups is 2. The van der Waals surface area contributed by atoms with Crippen LogP contribution in [0.5, 0.6) is 6.01 Å². The van der Waals surface area contributed by atoms with E-state index in [1.807, 2.05) is 23.1 Å². The molecule has 12 nitrogen and oxygen atoms in total. The smallest absolute Gasteiger partial charge is 0.327 e. The second kappa shape index (κ2) is 13.6. The topological polar surface area (TPSA) is 160 Å². The predicted molar refractivity (Wildman–Crippen MR) is 156 cm³/mol. The molecule has 2 aromatic heterocycles. The van der Waals surface area contributed by atoms with Crippen molar-refractivity contribution in [3.8, 4) is 6.01 Å². The maximum atomic E-state index is 13.7. The molecule has 3 aromatic rings. The van der Waals surface area contributed by atoms with Gasteiger partial charge in [-0.3, -0.25) is 14.2 Å². The second-order valence-electron chi connectivity index (χ2n) is 10.9. The highest BCUT2D eigenvalue weighted by Crippen LogP contribution is 2.23. The predicted octanol–water partition coefficient (Wildman–Crippen LogP) is 2.83. The number of carboxylic acids is 1. The van der Waals surface area contributed by atoms with Crippen LogP contribution < -0.4 is 16.2 Å². The van der Waals surface area contributed by atoms with Gasteiger partial charge in [-0.2, -0.15) is 9.97 Å². The van der Waals surface area contributed by atoms with Crippen molar-refractivity contribution in [2.45, 2.75) is 65.0 Å². The molecule has 0 aliphatic carbocycles. The summed E-state index contributed by atoms with van der Waals surface area (Å²) >= 11 is 0. The number of piperidine rings is 1. The molecule has 0 saturated carbocycles. The van der Waals surface area contributed by atoms with Crippen LogP contribution in [0.15, 0.2) is 29.1 Å². The summed E-state index contributed by atoms with van der Waals surface area (Å²) in [4.78, 5) is 53.4. The van der Waals surface area contributed by atoms with E-state index in [-0.39, 0.29) is 29.3 Å². The Kier molecular flexibility index (Phi) is 9.98. The average molecular weight is 568 g/mol. The van der Waals surface area contributed by atoms with Gasteiger partial charge in [-0.1, -0.05) is 37.6 Å². The fourth-order valence-electron chi connectivity index (χ4n) is 5.13. The van der Waals surface area contributed by atoms with Crippen molar-refractivity contribution in [1.29, 1.82) is 0 Å². The summed E-state index contributed by atoms with van der Waals surface area (Å²) in [6, 6.07) is 7.53. The van der Waals surface area contributed by atoms with Crippen LogP contribution in [0.2, 0.25) is 0 Å². The Balaban J connectivity index is 1.52. The fraction of sp³-hybridized carbons (Fsp3) is 0.552. The molecular formula is C29H41N7O5. The number of nitrogen functional groups attached to an aromatic ring is 1. The molecular weight excluding hydrogens is 526 g/mol. The number of fused-ring (bicyclic) bond motifs is 1. The van der Waals surface area contributed by atoms with Crippen LogP contribution in [0, 0.1) is 5.92 Å². The number of ether oxygens (including phenoxy) is 1. The lowest BCUT2D eigenvalue weighted by Crippen LogP contribution is -2.42. The molecule has 1 aromatic carbocycles. The molecule has 1 fully saturated rings. The summed E-state index contributed by atoms with van der Waals surface area (Å²) in [6.07, 6.45) is 3.90. The van der Waals surface area contributed by atoms with Crippen molar-refractivity contribution >= 4 is 28.9 Å². The van der Waals surface area contributed by atoms with Gasteiger partial charge >= 0.3 is 17.7 Å². The van der Waals surface area contributed by atoms with Gasteiger partial charge in [-0.25, -0.2) is 4.79 Å². The maximum absolute atomic E-state index is 13.7. The van der Waals surface area contributed by atoms with Crippen molar-refractivity contribution in [3.63, 3.8) is 0 Å². The number of unbranched alkanes of at least 4 members (excludes halogenated alkanes) is 1. The number of hydrogen-bond donors (Lipinski definition) is 3. The van der Waals surface area contributed by atoms with Crippen LogP contribution in [0.1, 0.15) is 63.0 Å². The van der Waals surface area contributed by atoms with E-state index in [0.29, 0.717) is 49.4 Å². The number of benzene rings is 1. The molecule has 4 rings (SSSR count). The van der Waals surface area contributed by atoms with E-state index < -0.39 is 11.9 Å². The third-order valence-corrected chi connectivity index (χ3v) is 7.74. The summed E-state index contributed by atoms with van der Waals surface area (Å²) in [5.41, 5.74) is 8.03. The molecule has 1 aliphatic rings. The number of nitrogens with one attached hydrogen (secondary N) is 1. The zero-order chi connectivity index (χ0) is 29.5.